The number of imidazole rings is 1. The van der Waals surface area contributed by atoms with Crippen molar-refractivity contribution in [2.24, 2.45) is 0 Å². The average Bonchev–Trinajstić information content (AvgIpc) is 3.12. The summed E-state index contributed by atoms with van der Waals surface area (Å²) in [5, 5.41) is 1.86. The van der Waals surface area contributed by atoms with Gasteiger partial charge in [-0.3, -0.25) is 4.79 Å². The van der Waals surface area contributed by atoms with Gasteiger partial charge in [0.1, 0.15) is 6.04 Å². The van der Waals surface area contributed by atoms with E-state index in [4.69, 9.17) is 4.74 Å². The highest BCUT2D eigenvalue weighted by Crippen LogP contribution is 2.26. The standard InChI is InChI=1S/C19H17N3O3/c1-25-19(24)17-9-15-16(21-11-20-15)10-22(17)18(23)14-8-4-6-12-5-2-3-7-13(12)14/h2-8,11,17H,9-10H2,1H3,(H,20,21). The summed E-state index contributed by atoms with van der Waals surface area (Å²) in [6, 6.07) is 12.7. The number of hydrogen-bond donors (Lipinski definition) is 1. The van der Waals surface area contributed by atoms with Crippen LogP contribution in [-0.4, -0.2) is 39.9 Å². The molecule has 1 N–H and O–H groups in total. The summed E-state index contributed by atoms with van der Waals surface area (Å²) < 4.78 is 4.91. The third-order valence-corrected chi connectivity index (χ3v) is 4.65. The normalized spacial score (nSPS) is 16.5. The lowest BCUT2D eigenvalue weighted by Crippen LogP contribution is -2.49. The van der Waals surface area contributed by atoms with Crippen LogP contribution < -0.4 is 0 Å². The third-order valence-electron chi connectivity index (χ3n) is 4.65. The molecule has 0 aliphatic carbocycles. The molecule has 0 radical (unpaired) electrons. The molecule has 6 heteroatoms. The van der Waals surface area contributed by atoms with Gasteiger partial charge >= 0.3 is 5.97 Å². The lowest BCUT2D eigenvalue weighted by Gasteiger charge is -2.33. The van der Waals surface area contributed by atoms with Crippen LogP contribution in [0.25, 0.3) is 10.8 Å². The molecule has 4 rings (SSSR count). The summed E-state index contributed by atoms with van der Waals surface area (Å²) in [7, 11) is 1.34. The first-order valence-electron chi connectivity index (χ1n) is 8.06. The Morgan fingerprint density at radius 3 is 2.84 bits per heavy atom. The van der Waals surface area contributed by atoms with Crippen molar-refractivity contribution in [1.29, 1.82) is 0 Å². The fraction of sp³-hybridized carbons (Fsp3) is 0.211. The molecule has 3 aromatic rings. The Morgan fingerprint density at radius 1 is 1.20 bits per heavy atom. The van der Waals surface area contributed by atoms with E-state index in [1.807, 2.05) is 36.4 Å². The predicted octanol–water partition coefficient (Wildman–Crippen LogP) is 2.30. The molecule has 2 aromatic carbocycles. The number of aromatic amines is 1. The van der Waals surface area contributed by atoms with Crippen molar-refractivity contribution in [3.63, 3.8) is 0 Å². The van der Waals surface area contributed by atoms with Crippen molar-refractivity contribution < 1.29 is 14.3 Å². The number of amides is 1. The molecular formula is C19H17N3O3. The lowest BCUT2D eigenvalue weighted by atomic mass is 9.99. The number of aromatic nitrogens is 2. The molecule has 1 atom stereocenters. The molecule has 0 fully saturated rings. The highest BCUT2D eigenvalue weighted by molar-refractivity contribution is 6.08. The smallest absolute Gasteiger partial charge is 0.329 e. The summed E-state index contributed by atoms with van der Waals surface area (Å²) >= 11 is 0. The summed E-state index contributed by atoms with van der Waals surface area (Å²) in [6.07, 6.45) is 1.94. The number of esters is 1. The van der Waals surface area contributed by atoms with Crippen molar-refractivity contribution in [2.45, 2.75) is 19.0 Å². The van der Waals surface area contributed by atoms with Crippen LogP contribution in [0.5, 0.6) is 0 Å². The van der Waals surface area contributed by atoms with E-state index in [-0.39, 0.29) is 5.91 Å². The third kappa shape index (κ3) is 2.55. The van der Waals surface area contributed by atoms with Crippen molar-refractivity contribution in [3.05, 3.63) is 65.7 Å². The molecule has 126 valence electrons. The van der Waals surface area contributed by atoms with E-state index < -0.39 is 12.0 Å². The van der Waals surface area contributed by atoms with Gasteiger partial charge in [0.15, 0.2) is 0 Å². The first kappa shape index (κ1) is 15.4. The van der Waals surface area contributed by atoms with Gasteiger partial charge in [-0.2, -0.15) is 0 Å². The number of benzene rings is 2. The van der Waals surface area contributed by atoms with Crippen molar-refractivity contribution in [3.8, 4) is 0 Å². The SMILES string of the molecule is COC(=O)C1Cc2nc[nH]c2CN1C(=O)c1cccc2ccccc12. The Bertz CT molecular complexity index is 958. The molecule has 0 saturated heterocycles. The predicted molar refractivity (Wildman–Crippen MR) is 91.9 cm³/mol. The zero-order valence-electron chi connectivity index (χ0n) is 13.7. The van der Waals surface area contributed by atoms with E-state index in [0.717, 1.165) is 22.2 Å². The van der Waals surface area contributed by atoms with Gasteiger partial charge in [0, 0.05) is 12.0 Å². The molecular weight excluding hydrogens is 318 g/mol. The number of hydrogen-bond acceptors (Lipinski definition) is 4. The maximum absolute atomic E-state index is 13.3. The first-order chi connectivity index (χ1) is 12.2. The zero-order valence-corrected chi connectivity index (χ0v) is 13.7. The van der Waals surface area contributed by atoms with E-state index in [1.165, 1.54) is 7.11 Å². The molecule has 1 aliphatic heterocycles. The van der Waals surface area contributed by atoms with Gasteiger partial charge in [-0.05, 0) is 16.8 Å². The summed E-state index contributed by atoms with van der Waals surface area (Å²) in [4.78, 5) is 34.4. The molecule has 1 amide bonds. The van der Waals surface area contributed by atoms with Gasteiger partial charge in [0.2, 0.25) is 0 Å². The second-order valence-corrected chi connectivity index (χ2v) is 6.03. The zero-order chi connectivity index (χ0) is 17.4. The fourth-order valence-corrected chi connectivity index (χ4v) is 3.36. The molecule has 1 unspecified atom stereocenters. The Morgan fingerprint density at radius 2 is 2.00 bits per heavy atom. The molecule has 0 spiro atoms. The summed E-state index contributed by atoms with van der Waals surface area (Å²) in [5.74, 6) is -0.616. The number of fused-ring (bicyclic) bond motifs is 2. The number of methoxy groups -OCH3 is 1. The van der Waals surface area contributed by atoms with Gasteiger partial charge in [0.25, 0.3) is 5.91 Å². The van der Waals surface area contributed by atoms with Crippen LogP contribution in [0.3, 0.4) is 0 Å². The maximum Gasteiger partial charge on any atom is 0.329 e. The number of rotatable bonds is 2. The van der Waals surface area contributed by atoms with Crippen LogP contribution in [0.15, 0.2) is 48.8 Å². The molecule has 1 aliphatic rings. The molecule has 0 bridgehead atoms. The van der Waals surface area contributed by atoms with Crippen LogP contribution >= 0.6 is 0 Å². The Labute approximate surface area is 144 Å². The molecule has 6 nitrogen and oxygen atoms in total. The van der Waals surface area contributed by atoms with Crippen LogP contribution in [0.4, 0.5) is 0 Å². The van der Waals surface area contributed by atoms with Crippen LogP contribution in [0, 0.1) is 0 Å². The highest BCUT2D eigenvalue weighted by Gasteiger charge is 2.37. The lowest BCUT2D eigenvalue weighted by molar-refractivity contribution is -0.146. The quantitative estimate of drug-likeness (QED) is 0.729. The maximum atomic E-state index is 13.3. The van der Waals surface area contributed by atoms with E-state index in [9.17, 15) is 9.59 Å². The Balaban J connectivity index is 1.78. The average molecular weight is 335 g/mol. The number of ether oxygens (including phenoxy) is 1. The Hall–Kier alpha value is -3.15. The fourth-order valence-electron chi connectivity index (χ4n) is 3.36. The van der Waals surface area contributed by atoms with E-state index in [2.05, 4.69) is 9.97 Å². The minimum Gasteiger partial charge on any atom is -0.467 e. The second-order valence-electron chi connectivity index (χ2n) is 6.03. The summed E-state index contributed by atoms with van der Waals surface area (Å²) in [6.45, 7) is 0.303. The minimum absolute atomic E-state index is 0.188. The largest absolute Gasteiger partial charge is 0.467 e. The first-order valence-corrected chi connectivity index (χ1v) is 8.06. The van der Waals surface area contributed by atoms with Gasteiger partial charge in [-0.15, -0.1) is 0 Å². The van der Waals surface area contributed by atoms with Crippen LogP contribution in [-0.2, 0) is 22.5 Å². The van der Waals surface area contributed by atoms with Crippen molar-refractivity contribution in [1.82, 2.24) is 14.9 Å². The molecule has 0 saturated carbocycles. The van der Waals surface area contributed by atoms with Crippen molar-refractivity contribution >= 4 is 22.6 Å². The van der Waals surface area contributed by atoms with Crippen molar-refractivity contribution in [2.75, 3.05) is 7.11 Å². The molecule has 1 aromatic heterocycles. The minimum atomic E-state index is -0.674. The number of carbonyl (C=O) groups excluding carboxylic acids is 2. The Kier molecular flexibility index (Phi) is 3.72. The van der Waals surface area contributed by atoms with Gasteiger partial charge in [0.05, 0.1) is 31.4 Å². The molecule has 2 heterocycles. The van der Waals surface area contributed by atoms with Gasteiger partial charge in [-0.25, -0.2) is 9.78 Å². The van der Waals surface area contributed by atoms with Crippen LogP contribution in [0.1, 0.15) is 21.7 Å². The topological polar surface area (TPSA) is 75.3 Å². The number of nitrogens with one attached hydrogen (secondary N) is 1. The van der Waals surface area contributed by atoms with Gasteiger partial charge < -0.3 is 14.6 Å². The van der Waals surface area contributed by atoms with E-state index in [1.54, 1.807) is 17.3 Å². The van der Waals surface area contributed by atoms with E-state index >= 15 is 0 Å². The monoisotopic (exact) mass is 335 g/mol. The highest BCUT2D eigenvalue weighted by atomic mass is 16.5. The van der Waals surface area contributed by atoms with E-state index in [0.29, 0.717) is 18.5 Å². The van der Waals surface area contributed by atoms with Gasteiger partial charge in [-0.1, -0.05) is 36.4 Å². The van der Waals surface area contributed by atoms with Crippen LogP contribution in [0.2, 0.25) is 0 Å². The molecule has 25 heavy (non-hydrogen) atoms. The number of nitrogens with zero attached hydrogens (tertiary/aromatic N) is 2. The number of H-pyrrole nitrogens is 1. The number of carbonyl (C=O) groups is 2. The second kappa shape index (κ2) is 6.05. The summed E-state index contributed by atoms with van der Waals surface area (Å²) in [5.41, 5.74) is 2.24.